The van der Waals surface area contributed by atoms with E-state index in [1.54, 1.807) is 6.07 Å². The lowest BCUT2D eigenvalue weighted by molar-refractivity contribution is 0.381. The average Bonchev–Trinajstić information content (AvgIpc) is 2.47. The molecular formula is C13H6F5N3. The molecule has 0 spiro atoms. The number of nitrogens with two attached hydrogens (primary N) is 1. The molecule has 0 radical (unpaired) electrons. The lowest BCUT2D eigenvalue weighted by atomic mass is 10.0. The maximum absolute atomic E-state index is 13.6. The van der Waals surface area contributed by atoms with E-state index in [1.165, 1.54) is 0 Å². The predicted molar refractivity (Wildman–Crippen MR) is 63.2 cm³/mol. The summed E-state index contributed by atoms with van der Waals surface area (Å²) in [4.78, 5) is 3.55. The number of hydrogen-bond donors (Lipinski definition) is 1. The first-order valence-corrected chi connectivity index (χ1v) is 5.51. The molecule has 2 aromatic rings. The zero-order valence-corrected chi connectivity index (χ0v) is 10.2. The topological polar surface area (TPSA) is 62.7 Å². The van der Waals surface area contributed by atoms with Gasteiger partial charge in [-0.25, -0.2) is 22.0 Å². The van der Waals surface area contributed by atoms with Crippen LogP contribution in [0.15, 0.2) is 12.3 Å². The maximum atomic E-state index is 13.6. The quantitative estimate of drug-likeness (QED) is 0.526. The Hall–Kier alpha value is -2.69. The van der Waals surface area contributed by atoms with Crippen LogP contribution in [0.4, 0.5) is 27.6 Å². The molecule has 108 valence electrons. The summed E-state index contributed by atoms with van der Waals surface area (Å²) >= 11 is 0. The second kappa shape index (κ2) is 5.36. The monoisotopic (exact) mass is 299 g/mol. The Kier molecular flexibility index (Phi) is 3.76. The molecule has 1 aromatic heterocycles. The SMILES string of the molecule is N#CCc1cc(-c2c(F)c(F)c(F)c(F)c2F)ncc1N. The number of nitrogen functional groups attached to an aromatic ring is 1. The molecule has 0 bridgehead atoms. The molecule has 3 nitrogen and oxygen atoms in total. The van der Waals surface area contributed by atoms with Crippen molar-refractivity contribution in [1.82, 2.24) is 4.98 Å². The van der Waals surface area contributed by atoms with Crippen LogP contribution in [0.3, 0.4) is 0 Å². The third-order valence-corrected chi connectivity index (χ3v) is 2.76. The molecule has 2 rings (SSSR count). The standard InChI is InChI=1S/C13H6F5N3/c14-9-8(10(15)12(17)13(18)11(9)16)7-3-5(1-2-19)6(20)4-21-7/h3-4H,1,20H2. The summed E-state index contributed by atoms with van der Waals surface area (Å²) in [6.07, 6.45) is 0.788. The molecule has 8 heteroatoms. The van der Waals surface area contributed by atoms with Crippen LogP contribution < -0.4 is 5.73 Å². The van der Waals surface area contributed by atoms with Gasteiger partial charge < -0.3 is 5.73 Å². The van der Waals surface area contributed by atoms with Gasteiger partial charge in [-0.15, -0.1) is 0 Å². The first kappa shape index (κ1) is 14.7. The van der Waals surface area contributed by atoms with Crippen molar-refractivity contribution in [2.45, 2.75) is 6.42 Å². The van der Waals surface area contributed by atoms with Crippen molar-refractivity contribution in [3.63, 3.8) is 0 Å². The Morgan fingerprint density at radius 2 is 1.52 bits per heavy atom. The highest BCUT2D eigenvalue weighted by molar-refractivity contribution is 5.65. The number of benzene rings is 1. The first-order chi connectivity index (χ1) is 9.88. The maximum Gasteiger partial charge on any atom is 0.200 e. The molecule has 2 N–H and O–H groups in total. The van der Waals surface area contributed by atoms with Gasteiger partial charge in [-0.05, 0) is 11.6 Å². The minimum absolute atomic E-state index is 0.0733. The molecule has 1 heterocycles. The number of pyridine rings is 1. The number of nitriles is 1. The minimum atomic E-state index is -2.25. The Labute approximate surface area is 115 Å². The molecule has 0 saturated heterocycles. The van der Waals surface area contributed by atoms with Crippen LogP contribution in [0.5, 0.6) is 0 Å². The average molecular weight is 299 g/mol. The van der Waals surface area contributed by atoms with E-state index in [0.717, 1.165) is 12.3 Å². The number of rotatable bonds is 2. The van der Waals surface area contributed by atoms with E-state index in [1.807, 2.05) is 0 Å². The summed E-state index contributed by atoms with van der Waals surface area (Å²) in [5.74, 6) is -10.4. The van der Waals surface area contributed by atoms with Crippen molar-refractivity contribution in [2.24, 2.45) is 0 Å². The largest absolute Gasteiger partial charge is 0.397 e. The van der Waals surface area contributed by atoms with Crippen molar-refractivity contribution in [3.8, 4) is 17.3 Å². The van der Waals surface area contributed by atoms with Gasteiger partial charge in [0, 0.05) is 0 Å². The first-order valence-electron chi connectivity index (χ1n) is 5.51. The number of nitrogens with zero attached hydrogens (tertiary/aromatic N) is 2. The van der Waals surface area contributed by atoms with Gasteiger partial charge in [0.2, 0.25) is 5.82 Å². The van der Waals surface area contributed by atoms with Gasteiger partial charge in [0.05, 0.1) is 35.6 Å². The zero-order valence-electron chi connectivity index (χ0n) is 10.2. The van der Waals surface area contributed by atoms with E-state index in [4.69, 9.17) is 11.0 Å². The lowest BCUT2D eigenvalue weighted by Gasteiger charge is -2.09. The van der Waals surface area contributed by atoms with Crippen LogP contribution in [-0.4, -0.2) is 4.98 Å². The van der Waals surface area contributed by atoms with E-state index in [-0.39, 0.29) is 17.7 Å². The molecule has 0 aliphatic carbocycles. The van der Waals surface area contributed by atoms with Gasteiger partial charge in [-0.3, -0.25) is 4.98 Å². The van der Waals surface area contributed by atoms with Crippen LogP contribution in [0, 0.1) is 40.4 Å². The molecule has 21 heavy (non-hydrogen) atoms. The fourth-order valence-electron chi connectivity index (χ4n) is 1.71. The van der Waals surface area contributed by atoms with Gasteiger partial charge in [-0.1, -0.05) is 0 Å². The van der Waals surface area contributed by atoms with Crippen LogP contribution in [0.2, 0.25) is 0 Å². The number of aromatic nitrogens is 1. The van der Waals surface area contributed by atoms with Crippen molar-refractivity contribution >= 4 is 5.69 Å². The van der Waals surface area contributed by atoms with E-state index < -0.39 is 40.3 Å². The van der Waals surface area contributed by atoms with E-state index in [0.29, 0.717) is 0 Å². The van der Waals surface area contributed by atoms with Gasteiger partial charge >= 0.3 is 0 Å². The predicted octanol–water partition coefficient (Wildman–Crippen LogP) is 3.09. The highest BCUT2D eigenvalue weighted by Crippen LogP contribution is 2.31. The number of hydrogen-bond acceptors (Lipinski definition) is 3. The summed E-state index contributed by atoms with van der Waals surface area (Å²) in [5, 5.41) is 8.60. The molecule has 0 atom stereocenters. The third-order valence-electron chi connectivity index (χ3n) is 2.76. The second-order valence-corrected chi connectivity index (χ2v) is 4.05. The van der Waals surface area contributed by atoms with Crippen LogP contribution in [0.25, 0.3) is 11.3 Å². The highest BCUT2D eigenvalue weighted by atomic mass is 19.2. The lowest BCUT2D eigenvalue weighted by Crippen LogP contribution is -2.06. The molecular weight excluding hydrogens is 293 g/mol. The Bertz CT molecular complexity index is 738. The molecule has 0 fully saturated rings. The van der Waals surface area contributed by atoms with Gasteiger partial charge in [0.25, 0.3) is 0 Å². The summed E-state index contributed by atoms with van der Waals surface area (Å²) in [6, 6.07) is 2.77. The van der Waals surface area contributed by atoms with Crippen LogP contribution >= 0.6 is 0 Å². The molecule has 1 aromatic carbocycles. The van der Waals surface area contributed by atoms with Crippen molar-refractivity contribution in [1.29, 1.82) is 5.26 Å². The molecule has 0 aliphatic rings. The van der Waals surface area contributed by atoms with E-state index in [2.05, 4.69) is 4.98 Å². The number of anilines is 1. The van der Waals surface area contributed by atoms with Crippen LogP contribution in [0.1, 0.15) is 5.56 Å². The minimum Gasteiger partial charge on any atom is -0.397 e. The molecule has 0 saturated carbocycles. The van der Waals surface area contributed by atoms with Gasteiger partial charge in [0.1, 0.15) is 0 Å². The highest BCUT2D eigenvalue weighted by Gasteiger charge is 2.27. The smallest absolute Gasteiger partial charge is 0.200 e. The molecule has 0 unspecified atom stereocenters. The summed E-state index contributed by atoms with van der Waals surface area (Å²) in [6.45, 7) is 0. The summed E-state index contributed by atoms with van der Waals surface area (Å²) in [7, 11) is 0. The Morgan fingerprint density at radius 3 is 2.05 bits per heavy atom. The van der Waals surface area contributed by atoms with Gasteiger partial charge in [-0.2, -0.15) is 5.26 Å². The van der Waals surface area contributed by atoms with Gasteiger partial charge in [0.15, 0.2) is 23.3 Å². The molecule has 0 aliphatic heterocycles. The van der Waals surface area contributed by atoms with E-state index in [9.17, 15) is 22.0 Å². The number of halogens is 5. The fourth-order valence-corrected chi connectivity index (χ4v) is 1.71. The Balaban J connectivity index is 2.74. The van der Waals surface area contributed by atoms with Crippen molar-refractivity contribution in [3.05, 3.63) is 46.9 Å². The Morgan fingerprint density at radius 1 is 1.00 bits per heavy atom. The second-order valence-electron chi connectivity index (χ2n) is 4.05. The van der Waals surface area contributed by atoms with E-state index >= 15 is 0 Å². The fraction of sp³-hybridized carbons (Fsp3) is 0.0769. The van der Waals surface area contributed by atoms with Crippen LogP contribution in [-0.2, 0) is 6.42 Å². The summed E-state index contributed by atoms with van der Waals surface area (Å²) in [5.41, 5.74) is 4.09. The summed E-state index contributed by atoms with van der Waals surface area (Å²) < 4.78 is 66.6. The normalized spacial score (nSPS) is 10.5. The van der Waals surface area contributed by atoms with Crippen molar-refractivity contribution in [2.75, 3.05) is 5.73 Å². The van der Waals surface area contributed by atoms with Crippen molar-refractivity contribution < 1.29 is 22.0 Å². The zero-order chi connectivity index (χ0) is 15.7. The molecule has 0 amide bonds. The third kappa shape index (κ3) is 2.38.